The molecule has 116 valence electrons. The van der Waals surface area contributed by atoms with Gasteiger partial charge in [-0.3, -0.25) is 4.90 Å². The molecule has 3 heterocycles. The predicted molar refractivity (Wildman–Crippen MR) is 86.9 cm³/mol. The summed E-state index contributed by atoms with van der Waals surface area (Å²) in [5.74, 6) is 0. The number of fused-ring (bicyclic) bond motifs is 1. The van der Waals surface area contributed by atoms with Gasteiger partial charge in [0.25, 0.3) is 0 Å². The van der Waals surface area contributed by atoms with E-state index in [-0.39, 0.29) is 0 Å². The van der Waals surface area contributed by atoms with Gasteiger partial charge >= 0.3 is 0 Å². The Morgan fingerprint density at radius 1 is 1.48 bits per heavy atom. The molecule has 1 aromatic heterocycles. The van der Waals surface area contributed by atoms with Crippen LogP contribution >= 0.6 is 11.3 Å². The number of nitrogens with zero attached hydrogens (tertiary/aromatic N) is 1. The fourth-order valence-corrected chi connectivity index (χ4v) is 4.79. The standard InChI is InChI=1S/C17H26N2OS/c1-13-15-5-9-21-16(15)4-7-19(13)11-17(6-8-20-12-17)10-18-14-2-3-14/h5,9,13-14,18H,2-4,6-8,10-12H2,1H3. The van der Waals surface area contributed by atoms with E-state index in [0.717, 1.165) is 25.8 Å². The van der Waals surface area contributed by atoms with Gasteiger partial charge < -0.3 is 10.1 Å². The number of hydrogen-bond acceptors (Lipinski definition) is 4. The summed E-state index contributed by atoms with van der Waals surface area (Å²) in [6.45, 7) is 7.79. The Morgan fingerprint density at radius 3 is 3.14 bits per heavy atom. The average Bonchev–Trinajstić information content (AvgIpc) is 3.00. The van der Waals surface area contributed by atoms with Crippen molar-refractivity contribution in [1.82, 2.24) is 10.2 Å². The van der Waals surface area contributed by atoms with Crippen molar-refractivity contribution in [3.05, 3.63) is 21.9 Å². The van der Waals surface area contributed by atoms with E-state index in [2.05, 4.69) is 28.6 Å². The zero-order valence-electron chi connectivity index (χ0n) is 12.9. The van der Waals surface area contributed by atoms with E-state index in [4.69, 9.17) is 4.74 Å². The zero-order chi connectivity index (χ0) is 14.3. The summed E-state index contributed by atoms with van der Waals surface area (Å²) in [4.78, 5) is 4.30. The van der Waals surface area contributed by atoms with Crippen LogP contribution in [0.2, 0.25) is 0 Å². The molecular weight excluding hydrogens is 280 g/mol. The minimum absolute atomic E-state index is 0.338. The van der Waals surface area contributed by atoms with Gasteiger partial charge in [0, 0.05) is 48.6 Å². The van der Waals surface area contributed by atoms with Crippen molar-refractivity contribution < 1.29 is 4.74 Å². The van der Waals surface area contributed by atoms with E-state index in [9.17, 15) is 0 Å². The van der Waals surface area contributed by atoms with Crippen LogP contribution < -0.4 is 5.32 Å². The summed E-state index contributed by atoms with van der Waals surface area (Å²) in [5.41, 5.74) is 1.90. The molecule has 1 aliphatic carbocycles. The van der Waals surface area contributed by atoms with Crippen LogP contribution in [0.3, 0.4) is 0 Å². The Bertz CT molecular complexity index is 491. The second-order valence-corrected chi connectivity index (χ2v) is 8.15. The Balaban J connectivity index is 1.45. The molecule has 1 saturated heterocycles. The van der Waals surface area contributed by atoms with Crippen LogP contribution in [0.5, 0.6) is 0 Å². The van der Waals surface area contributed by atoms with Crippen molar-refractivity contribution in [3.63, 3.8) is 0 Å². The van der Waals surface area contributed by atoms with Crippen LogP contribution in [-0.2, 0) is 11.2 Å². The van der Waals surface area contributed by atoms with Crippen molar-refractivity contribution in [2.45, 2.75) is 44.7 Å². The first-order valence-electron chi connectivity index (χ1n) is 8.37. The van der Waals surface area contributed by atoms with E-state index < -0.39 is 0 Å². The van der Waals surface area contributed by atoms with E-state index in [0.29, 0.717) is 11.5 Å². The van der Waals surface area contributed by atoms with Gasteiger partial charge in [0.1, 0.15) is 0 Å². The number of thiophene rings is 1. The van der Waals surface area contributed by atoms with Gasteiger partial charge in [0.05, 0.1) is 6.61 Å². The van der Waals surface area contributed by atoms with Crippen LogP contribution in [0.25, 0.3) is 0 Å². The molecule has 4 rings (SSSR count). The second kappa shape index (κ2) is 5.65. The average molecular weight is 306 g/mol. The number of hydrogen-bond donors (Lipinski definition) is 1. The highest BCUT2D eigenvalue weighted by atomic mass is 32.1. The number of rotatable bonds is 5. The fourth-order valence-electron chi connectivity index (χ4n) is 3.83. The molecule has 0 amide bonds. The van der Waals surface area contributed by atoms with Crippen LogP contribution in [0.1, 0.15) is 42.7 Å². The largest absolute Gasteiger partial charge is 0.381 e. The summed E-state index contributed by atoms with van der Waals surface area (Å²) < 4.78 is 5.78. The first-order chi connectivity index (χ1) is 10.3. The zero-order valence-corrected chi connectivity index (χ0v) is 13.8. The lowest BCUT2D eigenvalue weighted by molar-refractivity contribution is 0.0847. The fraction of sp³-hybridized carbons (Fsp3) is 0.765. The third-order valence-corrected chi connectivity index (χ3v) is 6.47. The molecule has 3 aliphatic rings. The van der Waals surface area contributed by atoms with Crippen LogP contribution in [0.4, 0.5) is 0 Å². The lowest BCUT2D eigenvalue weighted by atomic mass is 9.85. The number of nitrogens with one attached hydrogen (secondary N) is 1. The molecule has 3 nitrogen and oxygen atoms in total. The normalized spacial score (nSPS) is 33.3. The van der Waals surface area contributed by atoms with Crippen LogP contribution in [0, 0.1) is 5.41 Å². The molecule has 0 bridgehead atoms. The molecule has 2 unspecified atom stereocenters. The Kier molecular flexibility index (Phi) is 3.82. The Morgan fingerprint density at radius 2 is 2.38 bits per heavy atom. The van der Waals surface area contributed by atoms with E-state index in [1.807, 2.05) is 11.3 Å². The molecule has 1 aromatic rings. The highest BCUT2D eigenvalue weighted by Crippen LogP contribution is 2.37. The topological polar surface area (TPSA) is 24.5 Å². The van der Waals surface area contributed by atoms with Gasteiger partial charge in [0.15, 0.2) is 0 Å². The molecule has 21 heavy (non-hydrogen) atoms. The van der Waals surface area contributed by atoms with Crippen molar-refractivity contribution in [2.24, 2.45) is 5.41 Å². The first kappa shape index (κ1) is 14.2. The lowest BCUT2D eigenvalue weighted by Crippen LogP contribution is -2.47. The first-order valence-corrected chi connectivity index (χ1v) is 9.25. The molecular formula is C17H26N2OS. The van der Waals surface area contributed by atoms with Gasteiger partial charge in [0.2, 0.25) is 0 Å². The third kappa shape index (κ3) is 2.91. The third-order valence-electron chi connectivity index (χ3n) is 5.47. The van der Waals surface area contributed by atoms with Crippen molar-refractivity contribution in [1.29, 1.82) is 0 Å². The minimum Gasteiger partial charge on any atom is -0.381 e. The van der Waals surface area contributed by atoms with E-state index in [1.54, 1.807) is 10.4 Å². The van der Waals surface area contributed by atoms with Crippen molar-refractivity contribution in [2.75, 3.05) is 32.8 Å². The van der Waals surface area contributed by atoms with Crippen LogP contribution in [-0.4, -0.2) is 43.8 Å². The molecule has 0 spiro atoms. The predicted octanol–water partition coefficient (Wildman–Crippen LogP) is 2.83. The van der Waals surface area contributed by atoms with Crippen molar-refractivity contribution >= 4 is 11.3 Å². The maximum Gasteiger partial charge on any atom is 0.0547 e. The maximum atomic E-state index is 5.78. The SMILES string of the molecule is CC1c2ccsc2CCN1CC1(CNC2CC2)CCOC1. The van der Waals surface area contributed by atoms with Gasteiger partial charge in [-0.05, 0) is 49.6 Å². The smallest absolute Gasteiger partial charge is 0.0547 e. The molecule has 2 fully saturated rings. The summed E-state index contributed by atoms with van der Waals surface area (Å²) >= 11 is 1.93. The van der Waals surface area contributed by atoms with Crippen LogP contribution in [0.15, 0.2) is 11.4 Å². The van der Waals surface area contributed by atoms with Gasteiger partial charge in [-0.15, -0.1) is 11.3 Å². The van der Waals surface area contributed by atoms with Gasteiger partial charge in [-0.1, -0.05) is 0 Å². The Labute approximate surface area is 131 Å². The summed E-state index contributed by atoms with van der Waals surface area (Å²) in [6, 6.07) is 3.69. The van der Waals surface area contributed by atoms with Gasteiger partial charge in [-0.25, -0.2) is 0 Å². The van der Waals surface area contributed by atoms with Gasteiger partial charge in [-0.2, -0.15) is 0 Å². The molecule has 0 radical (unpaired) electrons. The second-order valence-electron chi connectivity index (χ2n) is 7.15. The monoisotopic (exact) mass is 306 g/mol. The molecule has 0 aromatic carbocycles. The molecule has 1 N–H and O–H groups in total. The minimum atomic E-state index is 0.338. The van der Waals surface area contributed by atoms with Crippen molar-refractivity contribution in [3.8, 4) is 0 Å². The Hall–Kier alpha value is -0.420. The van der Waals surface area contributed by atoms with E-state index >= 15 is 0 Å². The summed E-state index contributed by atoms with van der Waals surface area (Å²) in [6.07, 6.45) is 5.18. The molecule has 2 aliphatic heterocycles. The quantitative estimate of drug-likeness (QED) is 0.905. The highest BCUT2D eigenvalue weighted by Gasteiger charge is 2.40. The molecule has 1 saturated carbocycles. The molecule has 4 heteroatoms. The van der Waals surface area contributed by atoms with E-state index in [1.165, 1.54) is 38.8 Å². The molecule has 2 atom stereocenters. The summed E-state index contributed by atoms with van der Waals surface area (Å²) in [5, 5.41) is 6.01. The maximum absolute atomic E-state index is 5.78. The highest BCUT2D eigenvalue weighted by molar-refractivity contribution is 7.10. The number of ether oxygens (including phenoxy) is 1. The lowest BCUT2D eigenvalue weighted by Gasteiger charge is -2.40. The summed E-state index contributed by atoms with van der Waals surface area (Å²) in [7, 11) is 0.